The zero-order valence-corrected chi connectivity index (χ0v) is 7.78. The summed E-state index contributed by atoms with van der Waals surface area (Å²) in [4.78, 5) is 0. The van der Waals surface area contributed by atoms with Gasteiger partial charge < -0.3 is 0 Å². The molecular weight excluding hydrogens is 267 g/mol. The van der Waals surface area contributed by atoms with Gasteiger partial charge in [0.15, 0.2) is 0 Å². The van der Waals surface area contributed by atoms with Crippen LogP contribution in [-0.4, -0.2) is 4.43 Å². The number of rotatable bonds is 0. The van der Waals surface area contributed by atoms with Gasteiger partial charge in [-0.1, -0.05) is 0 Å². The molecule has 0 aromatic heterocycles. The topological polar surface area (TPSA) is 0 Å². The first-order valence-corrected chi connectivity index (χ1v) is 9.98. The maximum absolute atomic E-state index is 3.66. The Morgan fingerprint density at radius 3 is 2.71 bits per heavy atom. The van der Waals surface area contributed by atoms with Crippen molar-refractivity contribution in [2.24, 2.45) is 0 Å². The monoisotopic (exact) mass is 274 g/mol. The Bertz CT molecular complexity index is 80.1. The van der Waals surface area contributed by atoms with Gasteiger partial charge in [-0.2, -0.15) is 0 Å². The second-order valence-electron chi connectivity index (χ2n) is 1.53. The Labute approximate surface area is 57.5 Å². The average Bonchev–Trinajstić information content (AvgIpc) is 1.69. The molecule has 0 aromatic carbocycles. The zero-order chi connectivity index (χ0) is 5.11. The van der Waals surface area contributed by atoms with Crippen molar-refractivity contribution in [3.8, 4) is 0 Å². The van der Waals surface area contributed by atoms with E-state index in [0.717, 1.165) is 0 Å². The third kappa shape index (κ3) is 2.13. The number of allylic oxidation sites excluding steroid dienone is 1. The van der Waals surface area contributed by atoms with E-state index in [1.807, 2.05) is 0 Å². The normalized spacial score (nSPS) is 25.6. The minimum atomic E-state index is -0.607. The molecule has 0 radical (unpaired) electrons. The molecule has 0 saturated carbocycles. The van der Waals surface area contributed by atoms with Crippen LogP contribution in [0.1, 0.15) is 12.8 Å². The number of alkyl halides is 1. The molecule has 0 unspecified atom stereocenters. The molecule has 42 valence electrons. The molecule has 0 nitrogen and oxygen atoms in total. The van der Waals surface area contributed by atoms with Gasteiger partial charge in [0.25, 0.3) is 0 Å². The second kappa shape index (κ2) is 3.07. The van der Waals surface area contributed by atoms with Crippen LogP contribution in [0, 0.1) is 0 Å². The molecule has 0 aliphatic carbocycles. The van der Waals surface area contributed by atoms with Crippen LogP contribution in [0.5, 0.6) is 0 Å². The van der Waals surface area contributed by atoms with E-state index in [1.165, 1.54) is 17.3 Å². The van der Waals surface area contributed by atoms with Crippen LogP contribution in [0.15, 0.2) is 10.2 Å². The molecule has 0 N–H and O–H groups in total. The van der Waals surface area contributed by atoms with Crippen molar-refractivity contribution >= 4 is 30.3 Å². The zero-order valence-electron chi connectivity index (χ0n) is 4.03. The predicted molar refractivity (Wildman–Crippen MR) is 46.2 cm³/mol. The Morgan fingerprint density at radius 1 is 1.57 bits per heavy atom. The van der Waals surface area contributed by atoms with E-state index in [-0.39, 0.29) is 0 Å². The van der Waals surface area contributed by atoms with Gasteiger partial charge in [-0.05, 0) is 0 Å². The first-order valence-electron chi connectivity index (χ1n) is 2.37. The van der Waals surface area contributed by atoms with Gasteiger partial charge >= 0.3 is 57.7 Å². The summed E-state index contributed by atoms with van der Waals surface area (Å²) in [5, 5.41) is 0. The number of halogens is 2. The first kappa shape index (κ1) is 6.08. The van der Waals surface area contributed by atoms with Crippen molar-refractivity contribution in [1.29, 1.82) is 0 Å². The van der Waals surface area contributed by atoms with Crippen molar-refractivity contribution < 1.29 is 0 Å². The van der Waals surface area contributed by atoms with Crippen LogP contribution in [0.4, 0.5) is 0 Å². The molecule has 0 saturated heterocycles. The van der Waals surface area contributed by atoms with Gasteiger partial charge in [-0.15, -0.1) is 0 Å². The fourth-order valence-corrected chi connectivity index (χ4v) is 5.35. The summed E-state index contributed by atoms with van der Waals surface area (Å²) in [7, 11) is 0. The minimum absolute atomic E-state index is 0.607. The molecule has 0 aromatic rings. The molecule has 2 heteroatoms. The quantitative estimate of drug-likeness (QED) is 0.470. The maximum atomic E-state index is 3.66. The van der Waals surface area contributed by atoms with E-state index in [2.05, 4.69) is 22.8 Å². The van der Waals surface area contributed by atoms with Crippen molar-refractivity contribution in [3.05, 3.63) is 10.2 Å². The summed E-state index contributed by atoms with van der Waals surface area (Å²) in [6, 6.07) is 0. The van der Waals surface area contributed by atoms with Gasteiger partial charge in [0.05, 0.1) is 0 Å². The molecule has 7 heavy (non-hydrogen) atoms. The van der Waals surface area contributed by atoms with Crippen LogP contribution in [-0.2, 0) is 0 Å². The van der Waals surface area contributed by atoms with Crippen molar-refractivity contribution in [2.75, 3.05) is 4.43 Å². The van der Waals surface area contributed by atoms with Gasteiger partial charge in [0.1, 0.15) is 0 Å². The molecule has 0 atom stereocenters. The van der Waals surface area contributed by atoms with Gasteiger partial charge in [-0.3, -0.25) is 0 Å². The van der Waals surface area contributed by atoms with Crippen molar-refractivity contribution in [1.82, 2.24) is 0 Å². The van der Waals surface area contributed by atoms with E-state index in [0.29, 0.717) is 0 Å². The standard InChI is InChI=1S/C5H8BrI/c6-7-4-2-1-3-5-7/h2,4H,1,3,5H2. The van der Waals surface area contributed by atoms with E-state index in [4.69, 9.17) is 0 Å². The molecule has 1 aliphatic heterocycles. The number of hydrogen-bond acceptors (Lipinski definition) is 0. The van der Waals surface area contributed by atoms with Crippen LogP contribution < -0.4 is 0 Å². The molecule has 1 aliphatic rings. The molecule has 0 bridgehead atoms. The first-order chi connectivity index (χ1) is 3.39. The summed E-state index contributed by atoms with van der Waals surface area (Å²) in [5.74, 6) is 0. The van der Waals surface area contributed by atoms with E-state index < -0.39 is 17.6 Å². The predicted octanol–water partition coefficient (Wildman–Crippen LogP) is 3.11. The second-order valence-corrected chi connectivity index (χ2v) is 10.4. The third-order valence-corrected chi connectivity index (χ3v) is 7.34. The van der Waals surface area contributed by atoms with Crippen LogP contribution in [0.25, 0.3) is 0 Å². The van der Waals surface area contributed by atoms with Crippen LogP contribution in [0.3, 0.4) is 0 Å². The molecular formula is C5H8BrI. The summed E-state index contributed by atoms with van der Waals surface area (Å²) in [5.41, 5.74) is 0. The van der Waals surface area contributed by atoms with Crippen molar-refractivity contribution in [3.63, 3.8) is 0 Å². The van der Waals surface area contributed by atoms with Crippen LogP contribution in [0.2, 0.25) is 0 Å². The van der Waals surface area contributed by atoms with E-state index in [1.54, 1.807) is 0 Å². The SMILES string of the molecule is BrI1C=CCCC1. The fraction of sp³-hybridized carbons (Fsp3) is 0.600. The van der Waals surface area contributed by atoms with Gasteiger partial charge in [-0.25, -0.2) is 0 Å². The van der Waals surface area contributed by atoms with Gasteiger partial charge in [0.2, 0.25) is 0 Å². The Kier molecular flexibility index (Phi) is 2.67. The molecule has 1 heterocycles. The summed E-state index contributed by atoms with van der Waals surface area (Å²) < 4.78 is 3.85. The molecule has 0 amide bonds. The average molecular weight is 275 g/mol. The summed E-state index contributed by atoms with van der Waals surface area (Å²) >= 11 is 3.05. The van der Waals surface area contributed by atoms with Crippen LogP contribution >= 0.6 is 30.3 Å². The molecule has 0 fully saturated rings. The third-order valence-electron chi connectivity index (χ3n) is 0.911. The van der Waals surface area contributed by atoms with Gasteiger partial charge in [0, 0.05) is 0 Å². The summed E-state index contributed by atoms with van der Waals surface area (Å²) in [6.07, 6.45) is 5.05. The number of hydrogen-bond donors (Lipinski definition) is 0. The molecule has 0 spiro atoms. The van der Waals surface area contributed by atoms with E-state index >= 15 is 0 Å². The Hall–Kier alpha value is 0.950. The summed E-state index contributed by atoms with van der Waals surface area (Å²) in [6.45, 7) is 0. The van der Waals surface area contributed by atoms with E-state index in [9.17, 15) is 0 Å². The Balaban J connectivity index is 2.36. The van der Waals surface area contributed by atoms with Crippen molar-refractivity contribution in [2.45, 2.75) is 12.8 Å². The Morgan fingerprint density at radius 2 is 2.43 bits per heavy atom. The molecule has 1 rings (SSSR count). The fourth-order valence-electron chi connectivity index (χ4n) is 0.545.